The molecule has 0 spiro atoms. The number of carbonyl (C=O) groups excluding carboxylic acids is 3. The van der Waals surface area contributed by atoms with Crippen LogP contribution in [0.1, 0.15) is 39.5 Å². The summed E-state index contributed by atoms with van der Waals surface area (Å²) in [5.74, 6) is -0.702. The van der Waals surface area contributed by atoms with E-state index in [1.54, 1.807) is 13.8 Å². The normalized spacial score (nSPS) is 11.6. The van der Waals surface area contributed by atoms with Gasteiger partial charge < -0.3 is 14.3 Å². The maximum absolute atomic E-state index is 11.0. The molecular formula is C11H18O5. The Balaban J connectivity index is 4.03. The quantitative estimate of drug-likeness (QED) is 0.463. The first-order valence-corrected chi connectivity index (χ1v) is 5.42. The van der Waals surface area contributed by atoms with Gasteiger partial charge >= 0.3 is 11.9 Å². The highest BCUT2D eigenvalue weighted by Gasteiger charge is 2.15. The summed E-state index contributed by atoms with van der Waals surface area (Å²) in [6.45, 7) is 3.38. The Bertz CT molecular complexity index is 237. The predicted molar refractivity (Wildman–Crippen MR) is 56.7 cm³/mol. The van der Waals surface area contributed by atoms with Crippen molar-refractivity contribution in [2.24, 2.45) is 0 Å². The number of esters is 2. The SMILES string of the molecule is CCC(=O)OCC(CCC=O)OC(=O)CC. The second-order valence-electron chi connectivity index (χ2n) is 3.25. The first kappa shape index (κ1) is 14.6. The van der Waals surface area contributed by atoms with E-state index >= 15 is 0 Å². The number of hydrogen-bond acceptors (Lipinski definition) is 5. The van der Waals surface area contributed by atoms with Crippen LogP contribution in [0, 0.1) is 0 Å². The van der Waals surface area contributed by atoms with E-state index < -0.39 is 6.10 Å². The minimum Gasteiger partial charge on any atom is -0.462 e. The van der Waals surface area contributed by atoms with E-state index in [-0.39, 0.29) is 37.8 Å². The van der Waals surface area contributed by atoms with Gasteiger partial charge in [-0.15, -0.1) is 0 Å². The number of rotatable bonds is 8. The molecule has 0 aromatic heterocycles. The van der Waals surface area contributed by atoms with Gasteiger partial charge in [-0.2, -0.15) is 0 Å². The predicted octanol–water partition coefficient (Wildman–Crippen LogP) is 1.24. The van der Waals surface area contributed by atoms with E-state index in [2.05, 4.69) is 0 Å². The molecule has 0 heterocycles. The lowest BCUT2D eigenvalue weighted by atomic mass is 10.2. The number of ether oxygens (including phenoxy) is 2. The largest absolute Gasteiger partial charge is 0.462 e. The number of carbonyl (C=O) groups is 3. The third-order valence-electron chi connectivity index (χ3n) is 1.91. The van der Waals surface area contributed by atoms with Crippen LogP contribution in [0.3, 0.4) is 0 Å². The summed E-state index contributed by atoms with van der Waals surface area (Å²) in [7, 11) is 0. The van der Waals surface area contributed by atoms with Gasteiger partial charge in [0.15, 0.2) is 0 Å². The molecule has 0 amide bonds. The van der Waals surface area contributed by atoms with Crippen LogP contribution in [0.2, 0.25) is 0 Å². The molecule has 1 unspecified atom stereocenters. The number of hydrogen-bond donors (Lipinski definition) is 0. The summed E-state index contributed by atoms with van der Waals surface area (Å²) >= 11 is 0. The fraction of sp³-hybridized carbons (Fsp3) is 0.727. The molecular weight excluding hydrogens is 212 g/mol. The van der Waals surface area contributed by atoms with Crippen molar-refractivity contribution in [3.8, 4) is 0 Å². The van der Waals surface area contributed by atoms with Crippen molar-refractivity contribution in [3.63, 3.8) is 0 Å². The summed E-state index contributed by atoms with van der Waals surface area (Å²) in [5, 5.41) is 0. The lowest BCUT2D eigenvalue weighted by Gasteiger charge is -2.16. The summed E-state index contributed by atoms with van der Waals surface area (Å²) in [6.07, 6.45) is 1.43. The van der Waals surface area contributed by atoms with Crippen molar-refractivity contribution in [2.75, 3.05) is 6.61 Å². The molecule has 0 rings (SSSR count). The van der Waals surface area contributed by atoms with Gasteiger partial charge in [-0.1, -0.05) is 13.8 Å². The van der Waals surface area contributed by atoms with E-state index in [1.165, 1.54) is 0 Å². The van der Waals surface area contributed by atoms with Gasteiger partial charge in [0.1, 0.15) is 19.0 Å². The van der Waals surface area contributed by atoms with E-state index in [9.17, 15) is 14.4 Å². The maximum Gasteiger partial charge on any atom is 0.305 e. The van der Waals surface area contributed by atoms with Crippen LogP contribution >= 0.6 is 0 Å². The molecule has 0 radical (unpaired) electrons. The molecule has 0 aromatic carbocycles. The summed E-state index contributed by atoms with van der Waals surface area (Å²) in [4.78, 5) is 32.2. The van der Waals surface area contributed by atoms with Crippen molar-refractivity contribution in [1.82, 2.24) is 0 Å². The minimum absolute atomic E-state index is 0.0201. The van der Waals surface area contributed by atoms with Crippen LogP contribution in [-0.2, 0) is 23.9 Å². The molecule has 92 valence electrons. The first-order valence-electron chi connectivity index (χ1n) is 5.42. The standard InChI is InChI=1S/C11H18O5/c1-3-10(13)15-8-9(6-5-7-12)16-11(14)4-2/h7,9H,3-6,8H2,1-2H3. The average Bonchev–Trinajstić information content (AvgIpc) is 2.31. The monoisotopic (exact) mass is 230 g/mol. The Labute approximate surface area is 95.1 Å². The molecule has 0 bridgehead atoms. The van der Waals surface area contributed by atoms with Crippen LogP contribution in [-0.4, -0.2) is 30.9 Å². The van der Waals surface area contributed by atoms with Crippen molar-refractivity contribution in [2.45, 2.75) is 45.6 Å². The van der Waals surface area contributed by atoms with Crippen LogP contribution in [0.25, 0.3) is 0 Å². The molecule has 0 aromatic rings. The molecule has 0 fully saturated rings. The fourth-order valence-electron chi connectivity index (χ4n) is 0.987. The molecule has 16 heavy (non-hydrogen) atoms. The zero-order chi connectivity index (χ0) is 12.4. The topological polar surface area (TPSA) is 69.7 Å². The Morgan fingerprint density at radius 2 is 1.81 bits per heavy atom. The van der Waals surface area contributed by atoms with Crippen LogP contribution < -0.4 is 0 Å². The second kappa shape index (κ2) is 8.88. The first-order chi connectivity index (χ1) is 7.63. The summed E-state index contributed by atoms with van der Waals surface area (Å²) < 4.78 is 9.89. The van der Waals surface area contributed by atoms with E-state index in [0.29, 0.717) is 6.42 Å². The molecule has 0 saturated carbocycles. The molecule has 5 nitrogen and oxygen atoms in total. The zero-order valence-corrected chi connectivity index (χ0v) is 9.73. The van der Waals surface area contributed by atoms with Gasteiger partial charge in [0.25, 0.3) is 0 Å². The summed E-state index contributed by atoms with van der Waals surface area (Å²) in [5.41, 5.74) is 0. The fourth-order valence-corrected chi connectivity index (χ4v) is 0.987. The second-order valence-corrected chi connectivity index (χ2v) is 3.25. The van der Waals surface area contributed by atoms with Gasteiger partial charge in [-0.3, -0.25) is 9.59 Å². The van der Waals surface area contributed by atoms with Crippen LogP contribution in [0.15, 0.2) is 0 Å². The molecule has 1 atom stereocenters. The van der Waals surface area contributed by atoms with E-state index in [4.69, 9.17) is 9.47 Å². The highest BCUT2D eigenvalue weighted by atomic mass is 16.6. The van der Waals surface area contributed by atoms with Crippen molar-refractivity contribution in [3.05, 3.63) is 0 Å². The van der Waals surface area contributed by atoms with Crippen LogP contribution in [0.4, 0.5) is 0 Å². The van der Waals surface area contributed by atoms with E-state index in [0.717, 1.165) is 6.29 Å². The highest BCUT2D eigenvalue weighted by molar-refractivity contribution is 5.70. The lowest BCUT2D eigenvalue weighted by molar-refractivity contribution is -0.159. The van der Waals surface area contributed by atoms with Crippen molar-refractivity contribution in [1.29, 1.82) is 0 Å². The maximum atomic E-state index is 11.0. The highest BCUT2D eigenvalue weighted by Crippen LogP contribution is 2.04. The zero-order valence-electron chi connectivity index (χ0n) is 9.73. The van der Waals surface area contributed by atoms with Crippen molar-refractivity contribution < 1.29 is 23.9 Å². The molecule has 0 aliphatic carbocycles. The molecule has 0 N–H and O–H groups in total. The number of aldehydes is 1. The molecule has 0 aliphatic heterocycles. The van der Waals surface area contributed by atoms with Gasteiger partial charge in [0.05, 0.1) is 0 Å². The molecule has 0 saturated heterocycles. The van der Waals surface area contributed by atoms with Gasteiger partial charge in [0, 0.05) is 19.3 Å². The lowest BCUT2D eigenvalue weighted by Crippen LogP contribution is -2.25. The Morgan fingerprint density at radius 1 is 1.19 bits per heavy atom. The third kappa shape index (κ3) is 6.98. The average molecular weight is 230 g/mol. The third-order valence-corrected chi connectivity index (χ3v) is 1.91. The van der Waals surface area contributed by atoms with Gasteiger partial charge in [0.2, 0.25) is 0 Å². The van der Waals surface area contributed by atoms with Crippen LogP contribution in [0.5, 0.6) is 0 Å². The minimum atomic E-state index is -0.520. The Kier molecular flexibility index (Phi) is 8.11. The molecule has 0 aliphatic rings. The summed E-state index contributed by atoms with van der Waals surface area (Å²) in [6, 6.07) is 0. The van der Waals surface area contributed by atoms with Crippen molar-refractivity contribution >= 4 is 18.2 Å². The van der Waals surface area contributed by atoms with Gasteiger partial charge in [-0.05, 0) is 6.42 Å². The smallest absolute Gasteiger partial charge is 0.305 e. The van der Waals surface area contributed by atoms with Gasteiger partial charge in [-0.25, -0.2) is 0 Å². The molecule has 5 heteroatoms. The Hall–Kier alpha value is -1.39. The van der Waals surface area contributed by atoms with E-state index in [1.807, 2.05) is 0 Å². The Morgan fingerprint density at radius 3 is 2.31 bits per heavy atom.